The number of thiazole rings is 1. The summed E-state index contributed by atoms with van der Waals surface area (Å²) in [5.74, 6) is 0.141. The van der Waals surface area contributed by atoms with Crippen molar-refractivity contribution in [3.63, 3.8) is 0 Å². The predicted molar refractivity (Wildman–Crippen MR) is 93.8 cm³/mol. The number of anilines is 1. The Balaban J connectivity index is 1.58. The molecule has 0 aromatic carbocycles. The number of hydrogen-bond donors (Lipinski definition) is 1. The van der Waals surface area contributed by atoms with E-state index in [9.17, 15) is 4.79 Å². The van der Waals surface area contributed by atoms with Gasteiger partial charge in [-0.2, -0.15) is 0 Å². The maximum absolute atomic E-state index is 12.5. The van der Waals surface area contributed by atoms with Gasteiger partial charge in [0.2, 0.25) is 5.91 Å². The van der Waals surface area contributed by atoms with Crippen LogP contribution in [0.5, 0.6) is 0 Å². The van der Waals surface area contributed by atoms with Gasteiger partial charge in [0.25, 0.3) is 0 Å². The van der Waals surface area contributed by atoms with E-state index in [-0.39, 0.29) is 11.8 Å². The summed E-state index contributed by atoms with van der Waals surface area (Å²) >= 11 is 1.50. The van der Waals surface area contributed by atoms with E-state index in [1.54, 1.807) is 12.4 Å². The summed E-state index contributed by atoms with van der Waals surface area (Å²) in [5.41, 5.74) is 0.837. The molecule has 0 saturated carbocycles. The van der Waals surface area contributed by atoms with Crippen LogP contribution in [-0.4, -0.2) is 65.9 Å². The third kappa shape index (κ3) is 4.25. The van der Waals surface area contributed by atoms with Crippen molar-refractivity contribution in [1.82, 2.24) is 19.8 Å². The number of nitrogens with one attached hydrogen (secondary N) is 1. The van der Waals surface area contributed by atoms with Crippen LogP contribution in [0, 0.1) is 5.92 Å². The molecule has 3 rings (SSSR count). The van der Waals surface area contributed by atoms with E-state index >= 15 is 0 Å². The number of carbonyl (C=O) groups is 1. The van der Waals surface area contributed by atoms with E-state index in [4.69, 9.17) is 0 Å². The highest BCUT2D eigenvalue weighted by atomic mass is 32.1. The molecule has 1 N–H and O–H groups in total. The molecular weight excluding hydrogens is 310 g/mol. The van der Waals surface area contributed by atoms with Crippen molar-refractivity contribution in [2.24, 2.45) is 5.92 Å². The van der Waals surface area contributed by atoms with Crippen LogP contribution >= 0.6 is 11.3 Å². The van der Waals surface area contributed by atoms with Crippen LogP contribution in [0.25, 0.3) is 10.2 Å². The lowest BCUT2D eigenvalue weighted by Crippen LogP contribution is -2.43. The maximum Gasteiger partial charge on any atom is 0.230 e. The van der Waals surface area contributed by atoms with Gasteiger partial charge in [0, 0.05) is 25.8 Å². The van der Waals surface area contributed by atoms with Crippen molar-refractivity contribution in [2.75, 3.05) is 45.6 Å². The summed E-state index contributed by atoms with van der Waals surface area (Å²) in [6.07, 6.45) is 5.51. The van der Waals surface area contributed by atoms with Crippen LogP contribution in [0.3, 0.4) is 0 Å². The molecule has 2 aromatic rings. The SMILES string of the molecule is CN(C)CCN1CCCC(C(=O)Nc2nc3cnccc3s2)C1. The van der Waals surface area contributed by atoms with Gasteiger partial charge in [-0.1, -0.05) is 11.3 Å². The monoisotopic (exact) mass is 333 g/mol. The highest BCUT2D eigenvalue weighted by molar-refractivity contribution is 7.22. The van der Waals surface area contributed by atoms with E-state index in [0.717, 1.165) is 49.2 Å². The van der Waals surface area contributed by atoms with Gasteiger partial charge in [-0.05, 0) is 39.5 Å². The zero-order chi connectivity index (χ0) is 16.2. The molecule has 7 heteroatoms. The zero-order valence-electron chi connectivity index (χ0n) is 13.7. The number of nitrogens with zero attached hydrogens (tertiary/aromatic N) is 4. The summed E-state index contributed by atoms with van der Waals surface area (Å²) in [6, 6.07) is 1.92. The quantitative estimate of drug-likeness (QED) is 0.905. The van der Waals surface area contributed by atoms with Crippen molar-refractivity contribution in [1.29, 1.82) is 0 Å². The fourth-order valence-corrected chi connectivity index (χ4v) is 3.69. The summed E-state index contributed by atoms with van der Waals surface area (Å²) < 4.78 is 1.05. The number of pyridine rings is 1. The molecule has 1 atom stereocenters. The van der Waals surface area contributed by atoms with Crippen LogP contribution in [0.1, 0.15) is 12.8 Å². The van der Waals surface area contributed by atoms with Crippen LogP contribution in [0.2, 0.25) is 0 Å². The van der Waals surface area contributed by atoms with Crippen molar-refractivity contribution in [2.45, 2.75) is 12.8 Å². The fraction of sp³-hybridized carbons (Fsp3) is 0.562. The van der Waals surface area contributed by atoms with Crippen LogP contribution < -0.4 is 5.32 Å². The Morgan fingerprint density at radius 3 is 3.17 bits per heavy atom. The van der Waals surface area contributed by atoms with Crippen molar-refractivity contribution < 1.29 is 4.79 Å². The number of likely N-dealkylation sites (tertiary alicyclic amines) is 1. The Morgan fingerprint density at radius 1 is 1.52 bits per heavy atom. The Kier molecular flexibility index (Phi) is 5.20. The number of piperidine rings is 1. The molecule has 1 aliphatic rings. The molecule has 2 aromatic heterocycles. The molecule has 1 amide bonds. The number of hydrogen-bond acceptors (Lipinski definition) is 6. The summed E-state index contributed by atoms with van der Waals surface area (Å²) in [6.45, 7) is 3.97. The van der Waals surface area contributed by atoms with Gasteiger partial charge in [-0.25, -0.2) is 4.98 Å². The Hall–Kier alpha value is -1.57. The molecule has 1 saturated heterocycles. The lowest BCUT2D eigenvalue weighted by molar-refractivity contribution is -0.121. The first-order chi connectivity index (χ1) is 11.1. The number of rotatable bonds is 5. The van der Waals surface area contributed by atoms with E-state index in [0.29, 0.717) is 5.13 Å². The molecule has 0 bridgehead atoms. The fourth-order valence-electron chi connectivity index (χ4n) is 2.85. The van der Waals surface area contributed by atoms with Gasteiger partial charge in [0.1, 0.15) is 5.52 Å². The Bertz CT molecular complexity index is 638. The summed E-state index contributed by atoms with van der Waals surface area (Å²) in [7, 11) is 4.16. The second kappa shape index (κ2) is 7.33. The average Bonchev–Trinajstić information content (AvgIpc) is 2.95. The van der Waals surface area contributed by atoms with Crippen molar-refractivity contribution in [3.8, 4) is 0 Å². The number of fused-ring (bicyclic) bond motifs is 1. The van der Waals surface area contributed by atoms with Gasteiger partial charge < -0.3 is 15.1 Å². The van der Waals surface area contributed by atoms with Crippen LogP contribution in [0.15, 0.2) is 18.5 Å². The lowest BCUT2D eigenvalue weighted by Gasteiger charge is -2.32. The highest BCUT2D eigenvalue weighted by Gasteiger charge is 2.26. The molecule has 0 radical (unpaired) electrons. The molecule has 124 valence electrons. The Labute approximate surface area is 140 Å². The Morgan fingerprint density at radius 2 is 2.39 bits per heavy atom. The maximum atomic E-state index is 12.5. The van der Waals surface area contributed by atoms with E-state index < -0.39 is 0 Å². The third-order valence-electron chi connectivity index (χ3n) is 4.16. The minimum absolute atomic E-state index is 0.0519. The zero-order valence-corrected chi connectivity index (χ0v) is 14.5. The lowest BCUT2D eigenvalue weighted by atomic mass is 9.97. The van der Waals surface area contributed by atoms with Gasteiger partial charge in [-0.15, -0.1) is 0 Å². The largest absolute Gasteiger partial charge is 0.308 e. The molecule has 6 nitrogen and oxygen atoms in total. The first-order valence-corrected chi connectivity index (χ1v) is 8.82. The van der Waals surface area contributed by atoms with Gasteiger partial charge in [0.05, 0.1) is 16.8 Å². The smallest absolute Gasteiger partial charge is 0.230 e. The van der Waals surface area contributed by atoms with Crippen LogP contribution in [0.4, 0.5) is 5.13 Å². The summed E-state index contributed by atoms with van der Waals surface area (Å²) in [5, 5.41) is 3.66. The molecule has 0 spiro atoms. The van der Waals surface area contributed by atoms with Gasteiger partial charge in [-0.3, -0.25) is 9.78 Å². The minimum atomic E-state index is 0.0519. The molecule has 1 unspecified atom stereocenters. The standard InChI is InChI=1S/C16H23N5OS/c1-20(2)8-9-21-7-3-4-12(11-21)15(22)19-16-18-13-10-17-6-5-14(13)23-16/h5-6,10,12H,3-4,7-9,11H2,1-2H3,(H,18,19,22). The van der Waals surface area contributed by atoms with Crippen LogP contribution in [-0.2, 0) is 4.79 Å². The molecule has 23 heavy (non-hydrogen) atoms. The first-order valence-electron chi connectivity index (χ1n) is 8.00. The molecule has 1 aliphatic heterocycles. The van der Waals surface area contributed by atoms with Crippen molar-refractivity contribution in [3.05, 3.63) is 18.5 Å². The highest BCUT2D eigenvalue weighted by Crippen LogP contribution is 2.26. The number of amides is 1. The number of carbonyl (C=O) groups excluding carboxylic acids is 1. The second-order valence-electron chi connectivity index (χ2n) is 6.29. The molecule has 3 heterocycles. The topological polar surface area (TPSA) is 61.4 Å². The van der Waals surface area contributed by atoms with Crippen molar-refractivity contribution >= 4 is 32.6 Å². The second-order valence-corrected chi connectivity index (χ2v) is 7.33. The number of aromatic nitrogens is 2. The number of likely N-dealkylation sites (N-methyl/N-ethyl adjacent to an activating group) is 1. The molecular formula is C16H23N5OS. The van der Waals surface area contributed by atoms with E-state index in [1.807, 2.05) is 6.07 Å². The van der Waals surface area contributed by atoms with E-state index in [1.165, 1.54) is 11.3 Å². The first kappa shape index (κ1) is 16.3. The van der Waals surface area contributed by atoms with Gasteiger partial charge in [0.15, 0.2) is 5.13 Å². The molecule has 0 aliphatic carbocycles. The predicted octanol–water partition coefficient (Wildman–Crippen LogP) is 1.90. The third-order valence-corrected chi connectivity index (χ3v) is 5.11. The average molecular weight is 333 g/mol. The normalized spacial score (nSPS) is 19.3. The van der Waals surface area contributed by atoms with Gasteiger partial charge >= 0.3 is 0 Å². The molecule has 1 fully saturated rings. The van der Waals surface area contributed by atoms with E-state index in [2.05, 4.69) is 39.2 Å². The minimum Gasteiger partial charge on any atom is -0.308 e. The summed E-state index contributed by atoms with van der Waals surface area (Å²) in [4.78, 5) is 25.6.